The Labute approximate surface area is 75.9 Å². The van der Waals surface area contributed by atoms with Crippen molar-refractivity contribution in [1.29, 1.82) is 5.26 Å². The van der Waals surface area contributed by atoms with Gasteiger partial charge in [-0.05, 0) is 6.42 Å². The molecule has 0 fully saturated rings. The summed E-state index contributed by atoms with van der Waals surface area (Å²) in [6, 6.07) is 2.01. The number of nitrogens with zero attached hydrogens (tertiary/aromatic N) is 2. The quantitative estimate of drug-likeness (QED) is 0.710. The van der Waals surface area contributed by atoms with Gasteiger partial charge in [0.1, 0.15) is 11.1 Å². The molecule has 0 radical (unpaired) electrons. The third-order valence-corrected chi connectivity index (χ3v) is 2.25. The van der Waals surface area contributed by atoms with Crippen LogP contribution in [0.3, 0.4) is 0 Å². The Morgan fingerprint density at radius 1 is 1.83 bits per heavy atom. The Bertz CT molecular complexity index is 233. The van der Waals surface area contributed by atoms with Crippen LogP contribution < -0.4 is 5.73 Å². The molecule has 2 N–H and O–H groups in total. The molecular weight excluding hydrogens is 174 g/mol. The van der Waals surface area contributed by atoms with Gasteiger partial charge in [0, 0.05) is 0 Å². The molecule has 0 aromatic carbocycles. The molecule has 1 aliphatic rings. The Morgan fingerprint density at radius 3 is 3.17 bits per heavy atom. The first-order valence-electron chi connectivity index (χ1n) is 3.72. The van der Waals surface area contributed by atoms with Crippen LogP contribution in [0.1, 0.15) is 13.3 Å². The molecule has 1 rings (SSSR count). The molecule has 66 valence electrons. The Morgan fingerprint density at radius 2 is 2.58 bits per heavy atom. The van der Waals surface area contributed by atoms with Gasteiger partial charge >= 0.3 is 0 Å². The van der Waals surface area contributed by atoms with Crippen LogP contribution in [0.5, 0.6) is 0 Å². The number of nitrogens with two attached hydrogens (primary N) is 1. The number of hydrogen-bond acceptors (Lipinski definition) is 5. The third-order valence-electron chi connectivity index (χ3n) is 1.38. The van der Waals surface area contributed by atoms with E-state index in [2.05, 4.69) is 0 Å². The number of hydrogen-bond donors (Lipinski definition) is 1. The molecule has 0 spiro atoms. The maximum absolute atomic E-state index is 8.68. The first kappa shape index (κ1) is 9.23. The van der Waals surface area contributed by atoms with E-state index in [1.807, 2.05) is 13.0 Å². The van der Waals surface area contributed by atoms with E-state index in [9.17, 15) is 0 Å². The highest BCUT2D eigenvalue weighted by Crippen LogP contribution is 2.27. The van der Waals surface area contributed by atoms with E-state index in [0.717, 1.165) is 6.42 Å². The Balaban J connectivity index is 2.53. The lowest BCUT2D eigenvalue weighted by Crippen LogP contribution is -2.19. The molecule has 0 saturated carbocycles. The minimum atomic E-state index is 0.438. The fourth-order valence-corrected chi connectivity index (χ4v) is 1.54. The van der Waals surface area contributed by atoms with E-state index < -0.39 is 0 Å². The van der Waals surface area contributed by atoms with Gasteiger partial charge in [-0.15, -0.1) is 0 Å². The minimum Gasteiger partial charge on any atom is -0.391 e. The zero-order chi connectivity index (χ0) is 8.97. The third kappa shape index (κ3) is 1.84. The summed E-state index contributed by atoms with van der Waals surface area (Å²) in [4.78, 5) is 5.28. The first-order chi connectivity index (χ1) is 5.79. The maximum Gasteiger partial charge on any atom is 0.171 e. The zero-order valence-electron chi connectivity index (χ0n) is 6.91. The van der Waals surface area contributed by atoms with Crippen LogP contribution in [0.2, 0.25) is 0 Å². The Kier molecular flexibility index (Phi) is 3.26. The lowest BCUT2D eigenvalue weighted by molar-refractivity contribution is -0.110. The highest BCUT2D eigenvalue weighted by molar-refractivity contribution is 8.03. The van der Waals surface area contributed by atoms with E-state index in [4.69, 9.17) is 15.8 Å². The summed E-state index contributed by atoms with van der Waals surface area (Å²) in [5.41, 5.74) is 5.99. The Hall–Kier alpha value is -0.860. The van der Waals surface area contributed by atoms with E-state index in [-0.39, 0.29) is 0 Å². The number of thioether (sulfide) groups is 1. The number of nitriles is 1. The number of rotatable bonds is 3. The van der Waals surface area contributed by atoms with Crippen LogP contribution in [0.4, 0.5) is 0 Å². The molecule has 0 unspecified atom stereocenters. The predicted molar refractivity (Wildman–Crippen MR) is 47.4 cm³/mol. The lowest BCUT2D eigenvalue weighted by atomic mass is 10.5. The van der Waals surface area contributed by atoms with Gasteiger partial charge in [0.05, 0.1) is 12.5 Å². The van der Waals surface area contributed by atoms with Gasteiger partial charge in [-0.2, -0.15) is 5.26 Å². The zero-order valence-corrected chi connectivity index (χ0v) is 7.73. The SMILES string of the molecule is CCCON1CSC(N)=C1C#N. The summed E-state index contributed by atoms with van der Waals surface area (Å²) in [7, 11) is 0. The van der Waals surface area contributed by atoms with Gasteiger partial charge < -0.3 is 5.73 Å². The number of hydroxylamine groups is 2. The fourth-order valence-electron chi connectivity index (χ4n) is 0.798. The highest BCUT2D eigenvalue weighted by atomic mass is 32.2. The second kappa shape index (κ2) is 4.24. The minimum absolute atomic E-state index is 0.438. The van der Waals surface area contributed by atoms with Crippen LogP contribution in [0.15, 0.2) is 10.7 Å². The van der Waals surface area contributed by atoms with Crippen molar-refractivity contribution >= 4 is 11.8 Å². The van der Waals surface area contributed by atoms with Gasteiger partial charge in [-0.25, -0.2) is 5.06 Å². The van der Waals surface area contributed by atoms with Gasteiger partial charge in [0.25, 0.3) is 0 Å². The molecule has 5 heteroatoms. The van der Waals surface area contributed by atoms with Crippen molar-refractivity contribution in [3.05, 3.63) is 10.7 Å². The molecular formula is C7H11N3OS. The molecule has 4 nitrogen and oxygen atoms in total. The summed E-state index contributed by atoms with van der Waals surface area (Å²) < 4.78 is 0. The van der Waals surface area contributed by atoms with Crippen molar-refractivity contribution < 1.29 is 4.84 Å². The molecule has 0 saturated heterocycles. The van der Waals surface area contributed by atoms with Crippen LogP contribution in [-0.4, -0.2) is 17.5 Å². The van der Waals surface area contributed by atoms with Crippen molar-refractivity contribution in [1.82, 2.24) is 5.06 Å². The highest BCUT2D eigenvalue weighted by Gasteiger charge is 2.21. The second-order valence-corrected chi connectivity index (χ2v) is 3.30. The molecule has 1 heterocycles. The second-order valence-electron chi connectivity index (χ2n) is 2.31. The molecule has 0 aromatic heterocycles. The maximum atomic E-state index is 8.68. The molecule has 0 bridgehead atoms. The average molecular weight is 185 g/mol. The van der Waals surface area contributed by atoms with Crippen LogP contribution in [-0.2, 0) is 4.84 Å². The van der Waals surface area contributed by atoms with E-state index >= 15 is 0 Å². The summed E-state index contributed by atoms with van der Waals surface area (Å²) in [6.07, 6.45) is 0.930. The molecule has 0 amide bonds. The predicted octanol–water partition coefficient (Wildman–Crippen LogP) is 0.986. The lowest BCUT2D eigenvalue weighted by Gasteiger charge is -2.15. The normalized spacial score (nSPS) is 16.8. The van der Waals surface area contributed by atoms with Crippen molar-refractivity contribution in [2.45, 2.75) is 13.3 Å². The first-order valence-corrected chi connectivity index (χ1v) is 4.71. The topological polar surface area (TPSA) is 62.3 Å². The van der Waals surface area contributed by atoms with Crippen molar-refractivity contribution in [2.24, 2.45) is 5.73 Å². The van der Waals surface area contributed by atoms with Crippen LogP contribution in [0.25, 0.3) is 0 Å². The molecule has 0 aliphatic carbocycles. The smallest absolute Gasteiger partial charge is 0.171 e. The van der Waals surface area contributed by atoms with Crippen LogP contribution in [0, 0.1) is 11.3 Å². The average Bonchev–Trinajstić information content (AvgIpc) is 2.43. The van der Waals surface area contributed by atoms with Gasteiger partial charge in [0.15, 0.2) is 5.70 Å². The molecule has 12 heavy (non-hydrogen) atoms. The van der Waals surface area contributed by atoms with Crippen molar-refractivity contribution in [3.8, 4) is 6.07 Å². The number of allylic oxidation sites excluding steroid dienone is 1. The van der Waals surface area contributed by atoms with E-state index in [0.29, 0.717) is 23.2 Å². The fraction of sp³-hybridized carbons (Fsp3) is 0.571. The van der Waals surface area contributed by atoms with Gasteiger partial charge in [-0.1, -0.05) is 18.7 Å². The molecule has 0 aromatic rings. The van der Waals surface area contributed by atoms with E-state index in [1.165, 1.54) is 11.8 Å². The van der Waals surface area contributed by atoms with Crippen molar-refractivity contribution in [2.75, 3.05) is 12.5 Å². The van der Waals surface area contributed by atoms with Crippen molar-refractivity contribution in [3.63, 3.8) is 0 Å². The van der Waals surface area contributed by atoms with E-state index in [1.54, 1.807) is 5.06 Å². The molecule has 1 aliphatic heterocycles. The van der Waals surface area contributed by atoms with Gasteiger partial charge in [-0.3, -0.25) is 4.84 Å². The largest absolute Gasteiger partial charge is 0.391 e. The summed E-state index contributed by atoms with van der Waals surface area (Å²) >= 11 is 1.42. The summed E-state index contributed by atoms with van der Waals surface area (Å²) in [5, 5.41) is 10.8. The monoisotopic (exact) mass is 185 g/mol. The molecule has 0 atom stereocenters. The van der Waals surface area contributed by atoms with Gasteiger partial charge in [0.2, 0.25) is 0 Å². The standard InChI is InChI=1S/C7H11N3OS/c1-2-3-11-10-5-12-7(9)6(10)4-8/h2-3,5,9H2,1H3. The summed E-state index contributed by atoms with van der Waals surface area (Å²) in [5.74, 6) is 0.620. The summed E-state index contributed by atoms with van der Waals surface area (Å²) in [6.45, 7) is 2.64. The van der Waals surface area contributed by atoms with Crippen LogP contribution >= 0.6 is 11.8 Å².